The van der Waals surface area contributed by atoms with E-state index >= 15 is 0 Å². The summed E-state index contributed by atoms with van der Waals surface area (Å²) in [6, 6.07) is 3.51. The molecule has 0 aromatic carbocycles. The molecule has 0 saturated heterocycles. The average Bonchev–Trinajstić information content (AvgIpc) is 2.72. The van der Waals surface area contributed by atoms with E-state index in [1.54, 1.807) is 12.1 Å². The molecule has 0 unspecified atom stereocenters. The number of thiophene rings is 2. The molecule has 0 bridgehead atoms. The van der Waals surface area contributed by atoms with Crippen molar-refractivity contribution in [3.05, 3.63) is 12.1 Å². The largest absolute Gasteiger partial charge is 0.501 e. The topological polar surface area (TPSA) is 69.9 Å². The van der Waals surface area contributed by atoms with E-state index in [0.29, 0.717) is 4.78 Å². The van der Waals surface area contributed by atoms with Gasteiger partial charge in [-0.1, -0.05) is 0 Å². The maximum absolute atomic E-state index is 9.42. The van der Waals surface area contributed by atoms with Crippen molar-refractivity contribution in [2.24, 2.45) is 0 Å². The summed E-state index contributed by atoms with van der Waals surface area (Å²) in [4.78, 5) is 0. The van der Waals surface area contributed by atoms with Gasteiger partial charge < -0.3 is 19.7 Å². The third-order valence-electron chi connectivity index (χ3n) is 1.97. The van der Waals surface area contributed by atoms with Gasteiger partial charge in [0, 0.05) is 26.1 Å². The molecule has 0 aliphatic heterocycles. The monoisotopic (exact) mass is 242 g/mol. The normalized spacial score (nSPS) is 10.9. The zero-order valence-corrected chi connectivity index (χ0v) is 9.51. The van der Waals surface area contributed by atoms with Crippen LogP contribution in [0.15, 0.2) is 12.1 Å². The number of rotatable bonds is 3. The number of fused-ring (bicyclic) bond motifs is 1. The summed E-state index contributed by atoms with van der Waals surface area (Å²) < 4.78 is 7.86. The Hall–Kier alpha value is -0.370. The van der Waals surface area contributed by atoms with E-state index < -0.39 is 14.2 Å². The molecule has 0 amide bonds. The first kappa shape index (κ1) is 11.1. The first-order valence-corrected chi connectivity index (χ1v) is 5.85. The highest BCUT2D eigenvalue weighted by Crippen LogP contribution is 2.23. The van der Waals surface area contributed by atoms with Crippen LogP contribution in [0.5, 0.6) is 0 Å². The van der Waals surface area contributed by atoms with E-state index in [1.807, 2.05) is 0 Å². The second kappa shape index (κ2) is 4.25. The number of hydrogen-bond donors (Lipinski definition) is 3. The van der Waals surface area contributed by atoms with Crippen LogP contribution in [0.1, 0.15) is 0 Å². The van der Waals surface area contributed by atoms with Gasteiger partial charge >= 0.3 is 14.2 Å². The van der Waals surface area contributed by atoms with Crippen LogP contribution < -0.4 is 9.55 Å². The molecule has 2 rings (SSSR count). The van der Waals surface area contributed by atoms with Crippen LogP contribution in [0.25, 0.3) is 9.40 Å². The van der Waals surface area contributed by atoms with Gasteiger partial charge in [-0.05, 0) is 12.1 Å². The summed E-state index contributed by atoms with van der Waals surface area (Å²) in [6.07, 6.45) is 0. The standard InChI is InChI=1S/C7H8B2O4S2/c1-13-9(12)7-3-5-4(15-7)2-6(14-5)8(10)11/h2-3,10-12H,1H3. The Morgan fingerprint density at radius 2 is 1.60 bits per heavy atom. The molecule has 8 heteroatoms. The summed E-state index contributed by atoms with van der Waals surface area (Å²) >= 11 is 2.68. The molecule has 0 atom stereocenters. The van der Waals surface area contributed by atoms with Crippen molar-refractivity contribution in [2.45, 2.75) is 0 Å². The summed E-state index contributed by atoms with van der Waals surface area (Å²) in [5, 5.41) is 27.3. The number of hydrogen-bond acceptors (Lipinski definition) is 6. The molecular weight excluding hydrogens is 234 g/mol. The van der Waals surface area contributed by atoms with Crippen molar-refractivity contribution in [3.63, 3.8) is 0 Å². The van der Waals surface area contributed by atoms with Gasteiger partial charge in [-0.3, -0.25) is 0 Å². The quantitative estimate of drug-likeness (QED) is 0.602. The lowest BCUT2D eigenvalue weighted by Crippen LogP contribution is -2.29. The zero-order chi connectivity index (χ0) is 11.0. The first-order chi connectivity index (χ1) is 7.11. The summed E-state index contributed by atoms with van der Waals surface area (Å²) in [6.45, 7) is 0. The van der Waals surface area contributed by atoms with Crippen molar-refractivity contribution in [2.75, 3.05) is 7.11 Å². The van der Waals surface area contributed by atoms with Crippen LogP contribution >= 0.6 is 22.7 Å². The predicted molar refractivity (Wildman–Crippen MR) is 64.1 cm³/mol. The predicted octanol–water partition coefficient (Wildman–Crippen LogP) is -1.02. The van der Waals surface area contributed by atoms with Crippen molar-refractivity contribution >= 4 is 55.9 Å². The third-order valence-corrected chi connectivity index (χ3v) is 4.33. The fraction of sp³-hybridized carbons (Fsp3) is 0.143. The lowest BCUT2D eigenvalue weighted by atomic mass is 9.89. The molecule has 0 fully saturated rings. The molecular formula is C7H8B2O4S2. The Kier molecular flexibility index (Phi) is 3.15. The molecule has 15 heavy (non-hydrogen) atoms. The molecule has 0 saturated carbocycles. The third kappa shape index (κ3) is 2.10. The highest BCUT2D eigenvalue weighted by Gasteiger charge is 2.21. The van der Waals surface area contributed by atoms with Gasteiger partial charge in [0.15, 0.2) is 0 Å². The van der Waals surface area contributed by atoms with Gasteiger partial charge in [0.25, 0.3) is 0 Å². The highest BCUT2D eigenvalue weighted by molar-refractivity contribution is 7.36. The maximum atomic E-state index is 9.42. The van der Waals surface area contributed by atoms with Crippen molar-refractivity contribution in [3.8, 4) is 0 Å². The Balaban J connectivity index is 2.38. The molecule has 0 radical (unpaired) electrons. The van der Waals surface area contributed by atoms with Gasteiger partial charge in [-0.2, -0.15) is 0 Å². The lowest BCUT2D eigenvalue weighted by molar-refractivity contribution is 0.342. The lowest BCUT2D eigenvalue weighted by Gasteiger charge is -1.97. The Morgan fingerprint density at radius 1 is 1.07 bits per heavy atom. The summed E-state index contributed by atoms with van der Waals surface area (Å²) in [5.74, 6) is 0. The van der Waals surface area contributed by atoms with Crippen molar-refractivity contribution in [1.82, 2.24) is 0 Å². The molecule has 4 nitrogen and oxygen atoms in total. The average molecular weight is 242 g/mol. The van der Waals surface area contributed by atoms with Gasteiger partial charge in [-0.15, -0.1) is 22.7 Å². The van der Waals surface area contributed by atoms with Crippen molar-refractivity contribution < 1.29 is 19.7 Å². The minimum atomic E-state index is -1.43. The minimum Gasteiger partial charge on any atom is -0.423 e. The van der Waals surface area contributed by atoms with Crippen LogP contribution in [-0.4, -0.2) is 36.4 Å². The molecule has 2 aromatic heterocycles. The smallest absolute Gasteiger partial charge is 0.423 e. The summed E-state index contributed by atoms with van der Waals surface area (Å²) in [7, 11) is -0.899. The van der Waals surface area contributed by atoms with Crippen LogP contribution in [0.2, 0.25) is 0 Å². The summed E-state index contributed by atoms with van der Waals surface area (Å²) in [5.41, 5.74) is 0. The SMILES string of the molecule is COB(O)c1cc2sc(B(O)O)cc2s1. The van der Waals surface area contributed by atoms with E-state index in [2.05, 4.69) is 0 Å². The van der Waals surface area contributed by atoms with E-state index in [-0.39, 0.29) is 0 Å². The van der Waals surface area contributed by atoms with Crippen LogP contribution in [0, 0.1) is 0 Å². The molecule has 3 N–H and O–H groups in total. The second-order valence-electron chi connectivity index (χ2n) is 2.99. The van der Waals surface area contributed by atoms with Crippen molar-refractivity contribution in [1.29, 1.82) is 0 Å². The van der Waals surface area contributed by atoms with Crippen LogP contribution in [-0.2, 0) is 4.65 Å². The molecule has 0 aliphatic rings. The maximum Gasteiger partial charge on any atom is 0.501 e. The minimum absolute atomic E-state index is 0.509. The molecule has 0 aliphatic carbocycles. The highest BCUT2D eigenvalue weighted by atomic mass is 32.1. The van der Waals surface area contributed by atoms with Gasteiger partial charge in [0.2, 0.25) is 0 Å². The molecule has 2 heterocycles. The Bertz CT molecular complexity index is 435. The fourth-order valence-electron chi connectivity index (χ4n) is 1.24. The Morgan fingerprint density at radius 3 is 2.13 bits per heavy atom. The van der Waals surface area contributed by atoms with Gasteiger partial charge in [0.05, 0.1) is 0 Å². The van der Waals surface area contributed by atoms with E-state index in [1.165, 1.54) is 29.8 Å². The second-order valence-corrected chi connectivity index (χ2v) is 5.22. The molecule has 2 aromatic rings. The van der Waals surface area contributed by atoms with E-state index in [4.69, 9.17) is 14.7 Å². The van der Waals surface area contributed by atoms with E-state index in [9.17, 15) is 5.02 Å². The zero-order valence-electron chi connectivity index (χ0n) is 7.88. The van der Waals surface area contributed by atoms with Crippen LogP contribution in [0.3, 0.4) is 0 Å². The Labute approximate surface area is 95.0 Å². The van der Waals surface area contributed by atoms with Gasteiger partial charge in [0.1, 0.15) is 0 Å². The van der Waals surface area contributed by atoms with Gasteiger partial charge in [-0.25, -0.2) is 0 Å². The van der Waals surface area contributed by atoms with E-state index in [0.717, 1.165) is 14.2 Å². The fourth-order valence-corrected chi connectivity index (χ4v) is 3.49. The molecule has 78 valence electrons. The molecule has 0 spiro atoms. The first-order valence-electron chi connectivity index (χ1n) is 4.22. The van der Waals surface area contributed by atoms with Crippen LogP contribution in [0.4, 0.5) is 0 Å².